The van der Waals surface area contributed by atoms with Gasteiger partial charge in [-0.15, -0.1) is 11.8 Å². The number of rotatable bonds is 4. The van der Waals surface area contributed by atoms with Gasteiger partial charge in [0.25, 0.3) is 0 Å². The van der Waals surface area contributed by atoms with Gasteiger partial charge < -0.3 is 4.57 Å². The highest BCUT2D eigenvalue weighted by atomic mass is 32.2. The van der Waals surface area contributed by atoms with E-state index < -0.39 is 5.51 Å². The fraction of sp³-hybridized carbons (Fsp3) is 0.308. The molecule has 0 fully saturated rings. The average Bonchev–Trinajstić information content (AvgIpc) is 2.74. The smallest absolute Gasteiger partial charge is 0.334 e. The predicted molar refractivity (Wildman–Crippen MR) is 77.0 cm³/mol. The monoisotopic (exact) mass is 318 g/mol. The first kappa shape index (κ1) is 15.3. The number of hydrogen-bond donors (Lipinski definition) is 0. The summed E-state index contributed by atoms with van der Waals surface area (Å²) in [4.78, 5) is 5.19. The highest BCUT2D eigenvalue weighted by Gasteiger charge is 2.31. The summed E-state index contributed by atoms with van der Waals surface area (Å²) in [6.07, 6.45) is 3.32. The number of imidazole rings is 1. The number of hydrogen-bond acceptors (Lipinski definition) is 3. The number of halogens is 3. The molecule has 0 amide bonds. The van der Waals surface area contributed by atoms with Gasteiger partial charge in [0.1, 0.15) is 5.82 Å². The highest BCUT2D eigenvalue weighted by Crippen LogP contribution is 2.44. The third-order valence-corrected chi connectivity index (χ3v) is 4.29. The lowest BCUT2D eigenvalue weighted by atomic mass is 10.2. The molecule has 2 nitrogen and oxygen atoms in total. The Balaban J connectivity index is 2.57. The Kier molecular flexibility index (Phi) is 4.70. The standard InChI is InChI=1S/C13H13F3N2S2/c1-3-19-9-5-4-6-10(20-13(14,15)16)11(9)12-17-7-8-18(12)2/h4-8H,3H2,1-2H3. The van der Waals surface area contributed by atoms with Crippen LogP contribution < -0.4 is 0 Å². The second-order valence-corrected chi connectivity index (χ2v) is 6.38. The number of thioether (sulfide) groups is 2. The largest absolute Gasteiger partial charge is 0.446 e. The van der Waals surface area contributed by atoms with Crippen LogP contribution in [0.3, 0.4) is 0 Å². The Labute approximate surface area is 123 Å². The van der Waals surface area contributed by atoms with Crippen molar-refractivity contribution < 1.29 is 13.2 Å². The van der Waals surface area contributed by atoms with Crippen LogP contribution in [0.5, 0.6) is 0 Å². The Bertz CT molecular complexity index is 594. The molecule has 0 unspecified atom stereocenters. The van der Waals surface area contributed by atoms with Crippen LogP contribution >= 0.6 is 23.5 Å². The van der Waals surface area contributed by atoms with Crippen molar-refractivity contribution in [3.63, 3.8) is 0 Å². The number of aromatic nitrogens is 2. The minimum Gasteiger partial charge on any atom is -0.334 e. The molecule has 0 radical (unpaired) electrons. The van der Waals surface area contributed by atoms with E-state index in [1.165, 1.54) is 17.8 Å². The fourth-order valence-corrected chi connectivity index (χ4v) is 3.42. The van der Waals surface area contributed by atoms with Crippen LogP contribution in [-0.2, 0) is 7.05 Å². The van der Waals surface area contributed by atoms with E-state index in [0.29, 0.717) is 11.4 Å². The van der Waals surface area contributed by atoms with Crippen molar-refractivity contribution in [3.05, 3.63) is 30.6 Å². The first-order chi connectivity index (χ1) is 9.42. The van der Waals surface area contributed by atoms with Gasteiger partial charge in [-0.25, -0.2) is 4.98 Å². The van der Waals surface area contributed by atoms with Crippen LogP contribution in [-0.4, -0.2) is 20.8 Å². The Hall–Kier alpha value is -1.08. The molecule has 2 aromatic rings. The second kappa shape index (κ2) is 6.13. The zero-order valence-electron chi connectivity index (χ0n) is 10.9. The summed E-state index contributed by atoms with van der Waals surface area (Å²) in [5.41, 5.74) is -3.76. The first-order valence-corrected chi connectivity index (χ1v) is 7.72. The fourth-order valence-electron chi connectivity index (χ4n) is 1.82. The van der Waals surface area contributed by atoms with E-state index in [1.807, 2.05) is 13.0 Å². The maximum atomic E-state index is 12.7. The summed E-state index contributed by atoms with van der Waals surface area (Å²) in [5.74, 6) is 1.34. The van der Waals surface area contributed by atoms with Crippen LogP contribution in [0.4, 0.5) is 13.2 Å². The lowest BCUT2D eigenvalue weighted by Crippen LogP contribution is -2.02. The Morgan fingerprint density at radius 1 is 1.25 bits per heavy atom. The van der Waals surface area contributed by atoms with Crippen LogP contribution in [0.2, 0.25) is 0 Å². The van der Waals surface area contributed by atoms with E-state index in [0.717, 1.165) is 10.6 Å². The van der Waals surface area contributed by atoms with Crippen molar-refractivity contribution in [2.45, 2.75) is 22.2 Å². The van der Waals surface area contributed by atoms with Gasteiger partial charge >= 0.3 is 5.51 Å². The molecule has 0 saturated heterocycles. The summed E-state index contributed by atoms with van der Waals surface area (Å²) in [7, 11) is 1.78. The SMILES string of the molecule is CCSc1cccc(SC(F)(F)F)c1-c1nccn1C. The molecule has 2 rings (SSSR count). The molecule has 1 heterocycles. The molecule has 0 spiro atoms. The normalized spacial score (nSPS) is 11.8. The third kappa shape index (κ3) is 3.52. The summed E-state index contributed by atoms with van der Waals surface area (Å²) >= 11 is 1.42. The van der Waals surface area contributed by atoms with Gasteiger partial charge in [-0.1, -0.05) is 13.0 Å². The minimum atomic E-state index is -4.31. The van der Waals surface area contributed by atoms with Crippen LogP contribution in [0, 0.1) is 0 Å². The quantitative estimate of drug-likeness (QED) is 0.753. The molecule has 20 heavy (non-hydrogen) atoms. The maximum absolute atomic E-state index is 12.7. The van der Waals surface area contributed by atoms with Crippen molar-refractivity contribution in [1.82, 2.24) is 9.55 Å². The zero-order valence-corrected chi connectivity index (χ0v) is 12.6. The molecule has 0 aliphatic heterocycles. The van der Waals surface area contributed by atoms with Gasteiger partial charge in [0.15, 0.2) is 0 Å². The van der Waals surface area contributed by atoms with Crippen molar-refractivity contribution in [3.8, 4) is 11.4 Å². The number of benzene rings is 1. The summed E-state index contributed by atoms with van der Waals surface area (Å²) in [6.45, 7) is 1.97. The van der Waals surface area contributed by atoms with Gasteiger partial charge in [-0.3, -0.25) is 0 Å². The number of alkyl halides is 3. The summed E-state index contributed by atoms with van der Waals surface area (Å²) < 4.78 is 39.9. The first-order valence-electron chi connectivity index (χ1n) is 5.91. The molecule has 7 heteroatoms. The Morgan fingerprint density at radius 2 is 1.95 bits per heavy atom. The van der Waals surface area contributed by atoms with Gasteiger partial charge in [-0.2, -0.15) is 13.2 Å². The average molecular weight is 318 g/mol. The molecule has 0 saturated carbocycles. The Morgan fingerprint density at radius 3 is 2.50 bits per heavy atom. The van der Waals surface area contributed by atoms with Crippen molar-refractivity contribution in [2.24, 2.45) is 7.05 Å². The lowest BCUT2D eigenvalue weighted by molar-refractivity contribution is -0.0328. The van der Waals surface area contributed by atoms with Crippen molar-refractivity contribution in [2.75, 3.05) is 5.75 Å². The van der Waals surface area contributed by atoms with Gasteiger partial charge in [0.05, 0.1) is 0 Å². The summed E-state index contributed by atoms with van der Waals surface area (Å²) in [5, 5.41) is 0. The highest BCUT2D eigenvalue weighted by molar-refractivity contribution is 8.00. The van der Waals surface area contributed by atoms with Crippen molar-refractivity contribution in [1.29, 1.82) is 0 Å². The van der Waals surface area contributed by atoms with E-state index in [9.17, 15) is 13.2 Å². The molecule has 108 valence electrons. The minimum absolute atomic E-state index is 0.0923. The molecule has 0 aliphatic carbocycles. The lowest BCUT2D eigenvalue weighted by Gasteiger charge is -2.14. The van der Waals surface area contributed by atoms with E-state index >= 15 is 0 Å². The predicted octanol–water partition coefficient (Wildman–Crippen LogP) is 4.81. The third-order valence-electron chi connectivity index (χ3n) is 2.56. The van der Waals surface area contributed by atoms with Gasteiger partial charge in [0.2, 0.25) is 0 Å². The molecular formula is C13H13F3N2S2. The van der Waals surface area contributed by atoms with E-state index in [2.05, 4.69) is 4.98 Å². The second-order valence-electron chi connectivity index (χ2n) is 3.97. The molecule has 0 aliphatic rings. The molecule has 0 atom stereocenters. The maximum Gasteiger partial charge on any atom is 0.446 e. The molecule has 1 aromatic heterocycles. The topological polar surface area (TPSA) is 17.8 Å². The van der Waals surface area contributed by atoms with E-state index in [1.54, 1.807) is 30.1 Å². The molecule has 1 aromatic carbocycles. The van der Waals surface area contributed by atoms with E-state index in [-0.39, 0.29) is 16.7 Å². The van der Waals surface area contributed by atoms with Crippen LogP contribution in [0.15, 0.2) is 40.4 Å². The van der Waals surface area contributed by atoms with Crippen LogP contribution in [0.25, 0.3) is 11.4 Å². The number of nitrogens with zero attached hydrogens (tertiary/aromatic N) is 2. The molecule has 0 N–H and O–H groups in total. The van der Waals surface area contributed by atoms with Crippen molar-refractivity contribution >= 4 is 23.5 Å². The molecular weight excluding hydrogens is 305 g/mol. The van der Waals surface area contributed by atoms with E-state index in [4.69, 9.17) is 0 Å². The van der Waals surface area contributed by atoms with Gasteiger partial charge in [0, 0.05) is 34.8 Å². The summed E-state index contributed by atoms with van der Waals surface area (Å²) in [6, 6.07) is 4.97. The van der Waals surface area contributed by atoms with Gasteiger partial charge in [-0.05, 0) is 29.6 Å². The zero-order chi connectivity index (χ0) is 14.8. The number of aryl methyl sites for hydroxylation is 1. The van der Waals surface area contributed by atoms with Crippen LogP contribution in [0.1, 0.15) is 6.92 Å². The molecule has 0 bridgehead atoms.